The molecule has 2 heterocycles. The number of nitro groups is 1. The first-order valence-electron chi connectivity index (χ1n) is 9.89. The molecule has 0 saturated carbocycles. The molecule has 10 heteroatoms. The van der Waals surface area contributed by atoms with Gasteiger partial charge in [0.2, 0.25) is 11.8 Å². The largest absolute Gasteiger partial charge is 0.361 e. The van der Waals surface area contributed by atoms with E-state index in [0.29, 0.717) is 12.0 Å². The zero-order valence-electron chi connectivity index (χ0n) is 17.3. The molecule has 2 amide bonds. The molecule has 4 rings (SSSR count). The number of amides is 2. The van der Waals surface area contributed by atoms with Gasteiger partial charge >= 0.3 is 0 Å². The Morgan fingerprint density at radius 2 is 1.75 bits per heavy atom. The molecule has 8 nitrogen and oxygen atoms in total. The fourth-order valence-electron chi connectivity index (χ4n) is 4.24. The second-order valence-electron chi connectivity index (χ2n) is 7.89. The van der Waals surface area contributed by atoms with Crippen LogP contribution in [0.15, 0.2) is 47.1 Å². The molecular formula is C22H20BrFN4O4. The standard InChI is InChI=1S/C22H20BrFN4O4/c1-26-18(7-12-4-3-5-14(23)6-12)21(29)27(2)19(22(26)30)8-13-11-25-16-9-15(24)10-17(20(13)16)28(31)32/h3-6,9-11,18-19,25H,7-8H2,1-2H3/t18-,19-/m0/s1. The molecule has 2 atom stereocenters. The van der Waals surface area contributed by atoms with Gasteiger partial charge in [-0.3, -0.25) is 19.7 Å². The van der Waals surface area contributed by atoms with E-state index in [2.05, 4.69) is 20.9 Å². The smallest absolute Gasteiger partial charge is 0.281 e. The van der Waals surface area contributed by atoms with Gasteiger partial charge in [0.1, 0.15) is 17.9 Å². The molecule has 0 radical (unpaired) electrons. The highest BCUT2D eigenvalue weighted by molar-refractivity contribution is 9.10. The van der Waals surface area contributed by atoms with Crippen molar-refractivity contribution in [2.45, 2.75) is 24.9 Å². The van der Waals surface area contributed by atoms with Gasteiger partial charge in [-0.1, -0.05) is 28.1 Å². The number of aromatic amines is 1. The fourth-order valence-corrected chi connectivity index (χ4v) is 4.69. The van der Waals surface area contributed by atoms with Crippen LogP contribution in [0.5, 0.6) is 0 Å². The summed E-state index contributed by atoms with van der Waals surface area (Å²) in [5.41, 5.74) is 1.28. The highest BCUT2D eigenvalue weighted by atomic mass is 79.9. The zero-order valence-corrected chi connectivity index (χ0v) is 18.9. The van der Waals surface area contributed by atoms with Gasteiger partial charge in [0, 0.05) is 37.6 Å². The van der Waals surface area contributed by atoms with E-state index in [4.69, 9.17) is 0 Å². The predicted octanol–water partition coefficient (Wildman–Crippen LogP) is 3.43. The average Bonchev–Trinajstić information content (AvgIpc) is 3.14. The van der Waals surface area contributed by atoms with Crippen LogP contribution >= 0.6 is 15.9 Å². The van der Waals surface area contributed by atoms with Crippen molar-refractivity contribution in [1.82, 2.24) is 14.8 Å². The van der Waals surface area contributed by atoms with E-state index in [0.717, 1.165) is 16.1 Å². The van der Waals surface area contributed by atoms with Crippen molar-refractivity contribution >= 4 is 44.3 Å². The molecule has 1 fully saturated rings. The number of aromatic nitrogens is 1. The maximum Gasteiger partial charge on any atom is 0.281 e. The summed E-state index contributed by atoms with van der Waals surface area (Å²) in [6, 6.07) is 8.11. The second kappa shape index (κ2) is 8.34. The minimum absolute atomic E-state index is 0.0709. The van der Waals surface area contributed by atoms with Crippen LogP contribution in [0.1, 0.15) is 11.1 Å². The van der Waals surface area contributed by atoms with Crippen LogP contribution in [0.2, 0.25) is 0 Å². The number of carbonyl (C=O) groups excluding carboxylic acids is 2. The van der Waals surface area contributed by atoms with Crippen LogP contribution in [0, 0.1) is 15.9 Å². The van der Waals surface area contributed by atoms with Gasteiger partial charge in [-0.05, 0) is 29.3 Å². The third-order valence-electron chi connectivity index (χ3n) is 5.93. The van der Waals surface area contributed by atoms with E-state index in [-0.39, 0.29) is 34.8 Å². The number of fused-ring (bicyclic) bond motifs is 1. The number of nitrogens with one attached hydrogen (secondary N) is 1. The number of benzene rings is 2. The van der Waals surface area contributed by atoms with Gasteiger partial charge in [0.25, 0.3) is 5.69 Å². The van der Waals surface area contributed by atoms with Crippen molar-refractivity contribution in [1.29, 1.82) is 0 Å². The summed E-state index contributed by atoms with van der Waals surface area (Å²) in [4.78, 5) is 42.8. The molecule has 1 aliphatic heterocycles. The third kappa shape index (κ3) is 3.86. The molecular weight excluding hydrogens is 483 g/mol. The molecule has 0 aliphatic carbocycles. The molecule has 32 heavy (non-hydrogen) atoms. The molecule has 1 N–H and O–H groups in total. The predicted molar refractivity (Wildman–Crippen MR) is 120 cm³/mol. The van der Waals surface area contributed by atoms with Gasteiger partial charge in [-0.2, -0.15) is 0 Å². The van der Waals surface area contributed by atoms with Crippen LogP contribution in [-0.4, -0.2) is 57.7 Å². The van der Waals surface area contributed by atoms with Crippen LogP contribution < -0.4 is 0 Å². The summed E-state index contributed by atoms with van der Waals surface area (Å²) in [6.45, 7) is 0. The number of nitrogens with zero attached hydrogens (tertiary/aromatic N) is 3. The number of carbonyl (C=O) groups is 2. The molecule has 0 spiro atoms. The Hall–Kier alpha value is -3.27. The van der Waals surface area contributed by atoms with Crippen molar-refractivity contribution in [2.24, 2.45) is 0 Å². The Kier molecular flexibility index (Phi) is 5.72. The number of H-pyrrole nitrogens is 1. The number of non-ortho nitro benzene ring substituents is 1. The summed E-state index contributed by atoms with van der Waals surface area (Å²) in [5.74, 6) is -1.20. The highest BCUT2D eigenvalue weighted by Gasteiger charge is 2.43. The molecule has 166 valence electrons. The molecule has 0 unspecified atom stereocenters. The van der Waals surface area contributed by atoms with Gasteiger partial charge in [-0.15, -0.1) is 0 Å². The van der Waals surface area contributed by atoms with Gasteiger partial charge in [-0.25, -0.2) is 4.39 Å². The Bertz CT molecular complexity index is 1240. The molecule has 0 bridgehead atoms. The van der Waals surface area contributed by atoms with E-state index in [1.807, 2.05) is 24.3 Å². The zero-order chi connectivity index (χ0) is 23.2. The highest BCUT2D eigenvalue weighted by Crippen LogP contribution is 2.32. The average molecular weight is 503 g/mol. The van der Waals surface area contributed by atoms with Crippen molar-refractivity contribution in [3.8, 4) is 0 Å². The number of hydrogen-bond donors (Lipinski definition) is 1. The first-order chi connectivity index (χ1) is 15.2. The van der Waals surface area contributed by atoms with E-state index in [1.165, 1.54) is 22.1 Å². The normalized spacial score (nSPS) is 19.1. The Labute approximate surface area is 191 Å². The molecule has 1 saturated heterocycles. The monoisotopic (exact) mass is 502 g/mol. The SMILES string of the molecule is CN1C(=O)[C@H](Cc2c[nH]c3cc(F)cc([N+](=O)[O-])c23)N(C)C(=O)[C@@H]1Cc1cccc(Br)c1. The van der Waals surface area contributed by atoms with E-state index >= 15 is 0 Å². The molecule has 2 aromatic carbocycles. The topological polar surface area (TPSA) is 99.5 Å². The lowest BCUT2D eigenvalue weighted by atomic mass is 9.95. The Morgan fingerprint density at radius 3 is 2.38 bits per heavy atom. The van der Waals surface area contributed by atoms with Gasteiger partial charge in [0.15, 0.2) is 0 Å². The first kappa shape index (κ1) is 21.9. The van der Waals surface area contributed by atoms with Crippen molar-refractivity contribution in [2.75, 3.05) is 14.1 Å². The summed E-state index contributed by atoms with van der Waals surface area (Å²) in [7, 11) is 3.16. The number of likely N-dealkylation sites (N-methyl/N-ethyl adjacent to an activating group) is 2. The van der Waals surface area contributed by atoms with E-state index in [9.17, 15) is 24.1 Å². The van der Waals surface area contributed by atoms with Gasteiger partial charge < -0.3 is 14.8 Å². The van der Waals surface area contributed by atoms with Crippen molar-refractivity contribution < 1.29 is 18.9 Å². The van der Waals surface area contributed by atoms with Crippen LogP contribution in [0.4, 0.5) is 10.1 Å². The summed E-state index contributed by atoms with van der Waals surface area (Å²) >= 11 is 3.41. The number of halogens is 2. The summed E-state index contributed by atoms with van der Waals surface area (Å²) in [6.07, 6.45) is 1.97. The van der Waals surface area contributed by atoms with E-state index < -0.39 is 22.8 Å². The quantitative estimate of drug-likeness (QED) is 0.426. The lowest BCUT2D eigenvalue weighted by Crippen LogP contribution is -2.63. The fraction of sp³-hybridized carbons (Fsp3) is 0.273. The van der Waals surface area contributed by atoms with Crippen molar-refractivity contribution in [3.05, 3.63) is 74.1 Å². The molecule has 1 aliphatic rings. The first-order valence-corrected chi connectivity index (χ1v) is 10.7. The number of piperazine rings is 1. The second-order valence-corrected chi connectivity index (χ2v) is 8.80. The Morgan fingerprint density at radius 1 is 1.09 bits per heavy atom. The van der Waals surface area contributed by atoms with Crippen molar-refractivity contribution in [3.63, 3.8) is 0 Å². The third-order valence-corrected chi connectivity index (χ3v) is 6.43. The minimum Gasteiger partial charge on any atom is -0.361 e. The molecule has 3 aromatic rings. The number of hydrogen-bond acceptors (Lipinski definition) is 4. The van der Waals surface area contributed by atoms with Crippen LogP contribution in [-0.2, 0) is 22.4 Å². The maximum absolute atomic E-state index is 13.8. The number of nitro benzene ring substituents is 1. The lowest BCUT2D eigenvalue weighted by molar-refractivity contribution is -0.383. The van der Waals surface area contributed by atoms with Crippen LogP contribution in [0.25, 0.3) is 10.9 Å². The van der Waals surface area contributed by atoms with Crippen LogP contribution in [0.3, 0.4) is 0 Å². The maximum atomic E-state index is 13.8. The number of rotatable bonds is 5. The summed E-state index contributed by atoms with van der Waals surface area (Å²) in [5, 5.41) is 11.7. The van der Waals surface area contributed by atoms with Gasteiger partial charge in [0.05, 0.1) is 21.9 Å². The Balaban J connectivity index is 1.63. The lowest BCUT2D eigenvalue weighted by Gasteiger charge is -2.42. The summed E-state index contributed by atoms with van der Waals surface area (Å²) < 4.78 is 14.6. The van der Waals surface area contributed by atoms with E-state index in [1.54, 1.807) is 14.1 Å². The molecule has 1 aromatic heterocycles. The minimum atomic E-state index is -0.824.